The van der Waals surface area contributed by atoms with Gasteiger partial charge in [-0.3, -0.25) is 4.79 Å². The van der Waals surface area contributed by atoms with Gasteiger partial charge in [-0.25, -0.2) is 4.99 Å². The molecule has 0 spiro atoms. The lowest BCUT2D eigenvalue weighted by Gasteiger charge is -2.08. The first-order chi connectivity index (χ1) is 11.5. The van der Waals surface area contributed by atoms with E-state index in [9.17, 15) is 4.79 Å². The van der Waals surface area contributed by atoms with Crippen molar-refractivity contribution in [3.8, 4) is 0 Å². The molecule has 0 bridgehead atoms. The number of hydrogen-bond donors (Lipinski definition) is 0. The third kappa shape index (κ3) is 4.96. The number of nitrogens with zero attached hydrogens (tertiary/aromatic N) is 1. The summed E-state index contributed by atoms with van der Waals surface area (Å²) < 4.78 is 0. The maximum Gasteiger partial charge on any atom is 0.159 e. The zero-order valence-electron chi connectivity index (χ0n) is 14.3. The first kappa shape index (κ1) is 18.8. The Balaban J connectivity index is 2.12. The van der Waals surface area contributed by atoms with Crippen molar-refractivity contribution in [2.24, 2.45) is 4.99 Å². The van der Waals surface area contributed by atoms with Gasteiger partial charge in [0.2, 0.25) is 0 Å². The van der Waals surface area contributed by atoms with Crippen molar-refractivity contribution < 1.29 is 4.79 Å². The van der Waals surface area contributed by atoms with Gasteiger partial charge in [0.1, 0.15) is 5.04 Å². The third-order valence-electron chi connectivity index (χ3n) is 3.84. The standard InChI is InChI=1S/C20H22ClNOS/c1-4-5-12-22-20-19(14(2)13-24-20)15(3)18(23)11-8-16-6-9-17(21)10-7-16/h5-7,9-10,12-13H,4,8,11H2,1-3H3/b12-5+,19-15+,22-20-. The van der Waals surface area contributed by atoms with E-state index in [-0.39, 0.29) is 5.78 Å². The van der Waals surface area contributed by atoms with Crippen LogP contribution in [-0.4, -0.2) is 10.8 Å². The fraction of sp³-hybridized carbons (Fsp3) is 0.300. The summed E-state index contributed by atoms with van der Waals surface area (Å²) in [5.41, 5.74) is 4.02. The van der Waals surface area contributed by atoms with Gasteiger partial charge in [0, 0.05) is 28.8 Å². The number of thioether (sulfide) groups is 1. The fourth-order valence-electron chi connectivity index (χ4n) is 2.44. The summed E-state index contributed by atoms with van der Waals surface area (Å²) in [6.07, 6.45) is 5.99. The van der Waals surface area contributed by atoms with E-state index in [0.717, 1.165) is 40.2 Å². The Morgan fingerprint density at radius 3 is 2.67 bits per heavy atom. The number of carbonyl (C=O) groups excluding carboxylic acids is 1. The maximum absolute atomic E-state index is 12.6. The second kappa shape index (κ2) is 9.05. The van der Waals surface area contributed by atoms with Crippen molar-refractivity contribution in [2.45, 2.75) is 40.0 Å². The van der Waals surface area contributed by atoms with Gasteiger partial charge in [0.25, 0.3) is 0 Å². The highest BCUT2D eigenvalue weighted by molar-refractivity contribution is 8.17. The molecule has 1 aliphatic rings. The molecule has 0 unspecified atom stereocenters. The van der Waals surface area contributed by atoms with Gasteiger partial charge in [0.05, 0.1) is 0 Å². The molecule has 0 N–H and O–H groups in total. The minimum Gasteiger partial charge on any atom is -0.295 e. The second-order valence-electron chi connectivity index (χ2n) is 5.70. The van der Waals surface area contributed by atoms with E-state index in [4.69, 9.17) is 11.6 Å². The van der Waals surface area contributed by atoms with E-state index in [1.807, 2.05) is 50.4 Å². The van der Waals surface area contributed by atoms with Crippen molar-refractivity contribution in [1.82, 2.24) is 0 Å². The summed E-state index contributed by atoms with van der Waals surface area (Å²) in [6.45, 7) is 6.01. The summed E-state index contributed by atoms with van der Waals surface area (Å²) in [5, 5.41) is 3.69. The Bertz CT molecular complexity index is 727. The van der Waals surface area contributed by atoms with E-state index >= 15 is 0 Å². The molecule has 0 saturated heterocycles. The molecule has 1 aliphatic heterocycles. The van der Waals surface area contributed by atoms with Crippen LogP contribution in [0.15, 0.2) is 63.7 Å². The molecule has 2 nitrogen and oxygen atoms in total. The zero-order valence-corrected chi connectivity index (χ0v) is 15.9. The number of carbonyl (C=O) groups is 1. The average Bonchev–Trinajstić information content (AvgIpc) is 2.94. The van der Waals surface area contributed by atoms with Gasteiger partial charge in [-0.1, -0.05) is 48.5 Å². The van der Waals surface area contributed by atoms with Gasteiger partial charge in [-0.15, -0.1) is 0 Å². The summed E-state index contributed by atoms with van der Waals surface area (Å²) in [4.78, 5) is 17.1. The van der Waals surface area contributed by atoms with Crippen molar-refractivity contribution in [2.75, 3.05) is 0 Å². The van der Waals surface area contributed by atoms with Crippen molar-refractivity contribution in [3.63, 3.8) is 0 Å². The van der Waals surface area contributed by atoms with Crippen LogP contribution in [0, 0.1) is 0 Å². The number of halogens is 1. The van der Waals surface area contributed by atoms with Crippen LogP contribution in [-0.2, 0) is 11.2 Å². The highest BCUT2D eigenvalue weighted by Gasteiger charge is 2.21. The minimum atomic E-state index is 0.169. The molecule has 1 heterocycles. The SMILES string of the molecule is CC/C=C/N=C1\SC=C(C)\C1=C(\C)C(=O)CCc1ccc(Cl)cc1. The van der Waals surface area contributed by atoms with Crippen LogP contribution in [0.4, 0.5) is 0 Å². The molecule has 0 saturated carbocycles. The molecule has 126 valence electrons. The summed E-state index contributed by atoms with van der Waals surface area (Å²) in [6, 6.07) is 7.66. The molecule has 0 radical (unpaired) electrons. The van der Waals surface area contributed by atoms with E-state index in [1.165, 1.54) is 0 Å². The first-order valence-electron chi connectivity index (χ1n) is 8.08. The molecule has 24 heavy (non-hydrogen) atoms. The van der Waals surface area contributed by atoms with E-state index in [2.05, 4.69) is 17.3 Å². The molecule has 1 aromatic rings. The van der Waals surface area contributed by atoms with E-state index in [1.54, 1.807) is 11.8 Å². The molecule has 0 aromatic heterocycles. The van der Waals surface area contributed by atoms with Crippen molar-refractivity contribution in [3.05, 3.63) is 69.3 Å². The first-order valence-corrected chi connectivity index (χ1v) is 9.34. The molecule has 2 rings (SSSR count). The normalized spacial score (nSPS) is 18.3. The number of rotatable bonds is 6. The van der Waals surface area contributed by atoms with Crippen molar-refractivity contribution in [1.29, 1.82) is 0 Å². The lowest BCUT2D eigenvalue weighted by Crippen LogP contribution is -2.08. The molecule has 4 heteroatoms. The highest BCUT2D eigenvalue weighted by atomic mass is 35.5. The third-order valence-corrected chi connectivity index (χ3v) is 5.09. The van der Waals surface area contributed by atoms with Crippen molar-refractivity contribution >= 4 is 34.2 Å². The number of Topliss-reactive ketones (excluding diaryl/α,β-unsaturated/α-hetero) is 1. The predicted molar refractivity (Wildman–Crippen MR) is 106 cm³/mol. The number of aliphatic imine (C=N–C) groups is 1. The Labute approximate surface area is 153 Å². The number of aryl methyl sites for hydroxylation is 1. The van der Waals surface area contributed by atoms with Crippen LogP contribution in [0.3, 0.4) is 0 Å². The Morgan fingerprint density at radius 1 is 1.29 bits per heavy atom. The number of ketones is 1. The molecule has 0 fully saturated rings. The Kier molecular flexibility index (Phi) is 7.07. The average molecular weight is 360 g/mol. The quantitative estimate of drug-likeness (QED) is 0.571. The minimum absolute atomic E-state index is 0.169. The smallest absolute Gasteiger partial charge is 0.159 e. The van der Waals surface area contributed by atoms with Crippen LogP contribution in [0.5, 0.6) is 0 Å². The van der Waals surface area contributed by atoms with Crippen LogP contribution >= 0.6 is 23.4 Å². The molecular weight excluding hydrogens is 338 g/mol. The molecule has 0 amide bonds. The van der Waals surface area contributed by atoms with Gasteiger partial charge >= 0.3 is 0 Å². The zero-order chi connectivity index (χ0) is 17.5. The highest BCUT2D eigenvalue weighted by Crippen LogP contribution is 2.33. The lowest BCUT2D eigenvalue weighted by molar-refractivity contribution is -0.115. The monoisotopic (exact) mass is 359 g/mol. The topological polar surface area (TPSA) is 29.4 Å². The fourth-order valence-corrected chi connectivity index (χ4v) is 3.53. The molecule has 0 atom stereocenters. The number of hydrogen-bond acceptors (Lipinski definition) is 3. The van der Waals surface area contributed by atoms with Crippen LogP contribution in [0.25, 0.3) is 0 Å². The van der Waals surface area contributed by atoms with Gasteiger partial charge in [-0.05, 0) is 55.4 Å². The number of allylic oxidation sites excluding steroid dienone is 3. The van der Waals surface area contributed by atoms with Gasteiger partial charge in [0.15, 0.2) is 5.78 Å². The Morgan fingerprint density at radius 2 is 2.00 bits per heavy atom. The van der Waals surface area contributed by atoms with E-state index in [0.29, 0.717) is 11.4 Å². The largest absolute Gasteiger partial charge is 0.295 e. The van der Waals surface area contributed by atoms with Crippen LogP contribution in [0.1, 0.15) is 39.2 Å². The summed E-state index contributed by atoms with van der Waals surface area (Å²) >= 11 is 7.48. The van der Waals surface area contributed by atoms with Gasteiger partial charge < -0.3 is 0 Å². The summed E-state index contributed by atoms with van der Waals surface area (Å²) in [5.74, 6) is 0.169. The van der Waals surface area contributed by atoms with Crippen LogP contribution in [0.2, 0.25) is 5.02 Å². The summed E-state index contributed by atoms with van der Waals surface area (Å²) in [7, 11) is 0. The second-order valence-corrected chi connectivity index (χ2v) is 6.99. The number of benzene rings is 1. The Hall–Kier alpha value is -1.58. The van der Waals surface area contributed by atoms with Crippen LogP contribution < -0.4 is 0 Å². The van der Waals surface area contributed by atoms with E-state index < -0.39 is 0 Å². The molecular formula is C20H22ClNOS. The lowest BCUT2D eigenvalue weighted by atomic mass is 9.97. The van der Waals surface area contributed by atoms with Gasteiger partial charge in [-0.2, -0.15) is 0 Å². The molecule has 0 aliphatic carbocycles. The maximum atomic E-state index is 12.6. The molecule has 1 aromatic carbocycles. The predicted octanol–water partition coefficient (Wildman–Crippen LogP) is 6.13.